The summed E-state index contributed by atoms with van der Waals surface area (Å²) in [6.45, 7) is 8.41. The van der Waals surface area contributed by atoms with Gasteiger partial charge in [0.15, 0.2) is 0 Å². The zero-order chi connectivity index (χ0) is 17.7. The number of aliphatic carboxylic acids is 2. The second kappa shape index (κ2) is 13.0. The minimum absolute atomic E-state index is 0.146. The summed E-state index contributed by atoms with van der Waals surface area (Å²) in [6, 6.07) is 0. The normalized spacial score (nSPS) is 12.6. The fraction of sp³-hybridized carbons (Fsp3) is 0.688. The number of carboxylic acids is 2. The molecule has 0 aromatic rings. The molecule has 0 saturated carbocycles. The van der Waals surface area contributed by atoms with Gasteiger partial charge in [-0.15, -0.1) is 0 Å². The van der Waals surface area contributed by atoms with Crippen molar-refractivity contribution in [1.29, 1.82) is 0 Å². The van der Waals surface area contributed by atoms with Crippen LogP contribution in [-0.2, 0) is 14.4 Å². The van der Waals surface area contributed by atoms with Crippen molar-refractivity contribution >= 4 is 18.2 Å². The molecular weight excluding hydrogens is 286 g/mol. The van der Waals surface area contributed by atoms with E-state index in [2.05, 4.69) is 13.8 Å². The number of hydrogen-bond donors (Lipinski definition) is 3. The summed E-state index contributed by atoms with van der Waals surface area (Å²) in [5, 5.41) is 16.8. The molecule has 0 aliphatic carbocycles. The molecule has 4 N–H and O–H groups in total. The summed E-state index contributed by atoms with van der Waals surface area (Å²) in [5.41, 5.74) is 5.75. The lowest BCUT2D eigenvalue weighted by Gasteiger charge is -2.13. The molecule has 22 heavy (non-hydrogen) atoms. The van der Waals surface area contributed by atoms with E-state index in [9.17, 15) is 14.4 Å². The van der Waals surface area contributed by atoms with Gasteiger partial charge in [0.1, 0.15) is 6.29 Å². The van der Waals surface area contributed by atoms with Crippen LogP contribution < -0.4 is 5.73 Å². The molecule has 0 radical (unpaired) electrons. The number of allylic oxidation sites excluding steroid dienone is 1. The van der Waals surface area contributed by atoms with Crippen molar-refractivity contribution in [3.8, 4) is 0 Å². The van der Waals surface area contributed by atoms with Crippen molar-refractivity contribution in [2.45, 2.75) is 47.0 Å². The fourth-order valence-corrected chi connectivity index (χ4v) is 1.92. The zero-order valence-corrected chi connectivity index (χ0v) is 13.9. The summed E-state index contributed by atoms with van der Waals surface area (Å²) < 4.78 is 0. The van der Waals surface area contributed by atoms with Gasteiger partial charge in [0.05, 0.1) is 6.42 Å². The molecule has 0 heterocycles. The smallest absolute Gasteiger partial charge is 0.307 e. The maximum atomic E-state index is 10.3. The van der Waals surface area contributed by atoms with Crippen LogP contribution in [0.2, 0.25) is 0 Å². The topological polar surface area (TPSA) is 118 Å². The number of rotatable bonds is 9. The van der Waals surface area contributed by atoms with Crippen LogP contribution >= 0.6 is 0 Å². The average molecular weight is 315 g/mol. The van der Waals surface area contributed by atoms with Crippen molar-refractivity contribution < 1.29 is 24.6 Å². The third-order valence-electron chi connectivity index (χ3n) is 2.66. The number of carboxylic acid groups (broad SMARTS) is 2. The molecule has 1 atom stereocenters. The van der Waals surface area contributed by atoms with Gasteiger partial charge in [-0.3, -0.25) is 14.4 Å². The fourth-order valence-electron chi connectivity index (χ4n) is 1.92. The first-order chi connectivity index (χ1) is 10.1. The summed E-state index contributed by atoms with van der Waals surface area (Å²) in [6.07, 6.45) is 3.18. The molecule has 0 spiro atoms. The van der Waals surface area contributed by atoms with E-state index in [1.807, 2.05) is 13.8 Å². The number of carbonyl (C=O) groups is 3. The predicted molar refractivity (Wildman–Crippen MR) is 85.5 cm³/mol. The van der Waals surface area contributed by atoms with Crippen molar-refractivity contribution in [2.75, 3.05) is 6.54 Å². The standard InChI is InChI=1S/C8H17NO2.C8H12O3/c2*1-6(2)3-7(5-9)4-8(10)11/h6-7H,3-5,9H2,1-2H3,(H,10,11);3,5-6H,4H2,1-2H3,(H,10,11)/b;7-3+. The van der Waals surface area contributed by atoms with E-state index in [1.54, 1.807) is 6.08 Å². The van der Waals surface area contributed by atoms with Gasteiger partial charge >= 0.3 is 11.9 Å². The first-order valence-electron chi connectivity index (χ1n) is 7.41. The van der Waals surface area contributed by atoms with Gasteiger partial charge in [0.25, 0.3) is 0 Å². The molecule has 0 amide bonds. The van der Waals surface area contributed by atoms with Crippen molar-refractivity contribution in [3.05, 3.63) is 11.6 Å². The Morgan fingerprint density at radius 1 is 1.09 bits per heavy atom. The molecule has 1 unspecified atom stereocenters. The van der Waals surface area contributed by atoms with E-state index in [0.29, 0.717) is 24.3 Å². The van der Waals surface area contributed by atoms with E-state index in [-0.39, 0.29) is 24.7 Å². The molecule has 128 valence electrons. The van der Waals surface area contributed by atoms with Gasteiger partial charge in [-0.25, -0.2) is 0 Å². The molecule has 0 rings (SSSR count). The van der Waals surface area contributed by atoms with Crippen LogP contribution in [0.4, 0.5) is 0 Å². The van der Waals surface area contributed by atoms with E-state index in [0.717, 1.165) is 6.42 Å². The highest BCUT2D eigenvalue weighted by Crippen LogP contribution is 2.13. The summed E-state index contributed by atoms with van der Waals surface area (Å²) in [5.74, 6) is -0.824. The van der Waals surface area contributed by atoms with Crippen LogP contribution in [0.5, 0.6) is 0 Å². The van der Waals surface area contributed by atoms with Gasteiger partial charge in [-0.2, -0.15) is 0 Å². The van der Waals surface area contributed by atoms with Gasteiger partial charge < -0.3 is 15.9 Å². The maximum absolute atomic E-state index is 10.3. The molecule has 0 aliphatic rings. The van der Waals surface area contributed by atoms with Crippen molar-refractivity contribution in [1.82, 2.24) is 0 Å². The first kappa shape index (κ1) is 22.6. The van der Waals surface area contributed by atoms with Crippen LogP contribution in [0, 0.1) is 17.8 Å². The van der Waals surface area contributed by atoms with Gasteiger partial charge in [-0.05, 0) is 36.3 Å². The summed E-state index contributed by atoms with van der Waals surface area (Å²) in [4.78, 5) is 30.7. The lowest BCUT2D eigenvalue weighted by atomic mass is 9.94. The SMILES string of the molecule is CC(C)/C=C(/C=O)CC(=O)O.CC(C)CC(CN)CC(=O)O. The van der Waals surface area contributed by atoms with Gasteiger partial charge in [0, 0.05) is 6.42 Å². The van der Waals surface area contributed by atoms with Crippen molar-refractivity contribution in [2.24, 2.45) is 23.5 Å². The summed E-state index contributed by atoms with van der Waals surface area (Å²) in [7, 11) is 0. The second-order valence-corrected chi connectivity index (χ2v) is 6.00. The molecule has 0 bridgehead atoms. The van der Waals surface area contributed by atoms with Gasteiger partial charge in [0.2, 0.25) is 0 Å². The molecule has 0 fully saturated rings. The molecule has 6 nitrogen and oxygen atoms in total. The minimum Gasteiger partial charge on any atom is -0.481 e. The molecule has 0 aliphatic heterocycles. The third-order valence-corrected chi connectivity index (χ3v) is 2.66. The van der Waals surface area contributed by atoms with E-state index < -0.39 is 11.9 Å². The Hall–Kier alpha value is -1.69. The molecular formula is C16H29NO5. The quantitative estimate of drug-likeness (QED) is 0.444. The lowest BCUT2D eigenvalue weighted by molar-refractivity contribution is -0.138. The monoisotopic (exact) mass is 315 g/mol. The second-order valence-electron chi connectivity index (χ2n) is 6.00. The summed E-state index contributed by atoms with van der Waals surface area (Å²) >= 11 is 0. The highest BCUT2D eigenvalue weighted by atomic mass is 16.4. The molecule has 0 saturated heterocycles. The Morgan fingerprint density at radius 2 is 1.64 bits per heavy atom. The van der Waals surface area contributed by atoms with Crippen LogP contribution in [-0.4, -0.2) is 35.0 Å². The van der Waals surface area contributed by atoms with Crippen LogP contribution in [0.25, 0.3) is 0 Å². The average Bonchev–Trinajstić information content (AvgIpc) is 2.35. The van der Waals surface area contributed by atoms with Crippen LogP contribution in [0.3, 0.4) is 0 Å². The Morgan fingerprint density at radius 3 is 1.91 bits per heavy atom. The minimum atomic E-state index is -0.969. The highest BCUT2D eigenvalue weighted by molar-refractivity contribution is 5.83. The van der Waals surface area contributed by atoms with E-state index in [1.165, 1.54) is 0 Å². The Bertz CT molecular complexity index is 375. The largest absolute Gasteiger partial charge is 0.481 e. The Kier molecular flexibility index (Phi) is 13.4. The number of aldehydes is 1. The molecule has 0 aromatic heterocycles. The highest BCUT2D eigenvalue weighted by Gasteiger charge is 2.12. The molecule has 0 aromatic carbocycles. The van der Waals surface area contributed by atoms with Crippen molar-refractivity contribution in [3.63, 3.8) is 0 Å². The van der Waals surface area contributed by atoms with E-state index >= 15 is 0 Å². The number of hydrogen-bond acceptors (Lipinski definition) is 4. The maximum Gasteiger partial charge on any atom is 0.307 e. The van der Waals surface area contributed by atoms with Gasteiger partial charge in [-0.1, -0.05) is 33.8 Å². The predicted octanol–water partition coefficient (Wildman–Crippen LogP) is 2.32. The third kappa shape index (κ3) is 16.4. The van der Waals surface area contributed by atoms with Crippen LogP contribution in [0.15, 0.2) is 11.6 Å². The number of nitrogens with two attached hydrogens (primary N) is 1. The van der Waals surface area contributed by atoms with E-state index in [4.69, 9.17) is 15.9 Å². The lowest BCUT2D eigenvalue weighted by Crippen LogP contribution is -2.19. The van der Waals surface area contributed by atoms with Crippen LogP contribution in [0.1, 0.15) is 47.0 Å². The first-order valence-corrected chi connectivity index (χ1v) is 7.41. The Labute approximate surface area is 132 Å². The number of carbonyl (C=O) groups excluding carboxylic acids is 1. The Balaban J connectivity index is 0. The molecule has 6 heteroatoms. The zero-order valence-electron chi connectivity index (χ0n) is 13.9.